The standard InChI is InChI=1S/C18H16ClFN2O5/c1-26-15-5-3-2-4-12(15)18(25)21-9-17(24)27-10-16(23)22-11-6-7-14(20)13(19)8-11/h2-8H,9-10H2,1H3,(H,21,25)(H,22,23). The average molecular weight is 395 g/mol. The highest BCUT2D eigenvalue weighted by Crippen LogP contribution is 2.19. The van der Waals surface area contributed by atoms with Crippen LogP contribution in [0, 0.1) is 5.82 Å². The van der Waals surface area contributed by atoms with E-state index in [9.17, 15) is 18.8 Å². The number of hydrogen-bond acceptors (Lipinski definition) is 5. The molecule has 7 nitrogen and oxygen atoms in total. The van der Waals surface area contributed by atoms with E-state index in [1.54, 1.807) is 24.3 Å². The molecule has 0 aliphatic carbocycles. The van der Waals surface area contributed by atoms with Crippen molar-refractivity contribution in [2.45, 2.75) is 0 Å². The Morgan fingerprint density at radius 1 is 1.15 bits per heavy atom. The van der Waals surface area contributed by atoms with Crippen LogP contribution in [0.5, 0.6) is 5.75 Å². The largest absolute Gasteiger partial charge is 0.496 e. The zero-order valence-electron chi connectivity index (χ0n) is 14.3. The maximum Gasteiger partial charge on any atom is 0.325 e. The second-order valence-electron chi connectivity index (χ2n) is 5.22. The Kier molecular flexibility index (Phi) is 7.13. The van der Waals surface area contributed by atoms with E-state index in [0.717, 1.165) is 6.07 Å². The topological polar surface area (TPSA) is 93.7 Å². The number of ether oxygens (including phenoxy) is 2. The van der Waals surface area contributed by atoms with E-state index in [1.807, 2.05) is 0 Å². The fraction of sp³-hybridized carbons (Fsp3) is 0.167. The highest BCUT2D eigenvalue weighted by atomic mass is 35.5. The molecule has 0 radical (unpaired) electrons. The van der Waals surface area contributed by atoms with Gasteiger partial charge in [-0.05, 0) is 30.3 Å². The summed E-state index contributed by atoms with van der Waals surface area (Å²) in [6, 6.07) is 10.1. The van der Waals surface area contributed by atoms with Gasteiger partial charge in [-0.3, -0.25) is 14.4 Å². The summed E-state index contributed by atoms with van der Waals surface area (Å²) in [4.78, 5) is 35.4. The van der Waals surface area contributed by atoms with Crippen LogP contribution in [-0.4, -0.2) is 38.0 Å². The van der Waals surface area contributed by atoms with Gasteiger partial charge in [0.15, 0.2) is 6.61 Å². The van der Waals surface area contributed by atoms with Crippen molar-refractivity contribution in [1.82, 2.24) is 5.32 Å². The van der Waals surface area contributed by atoms with Crippen molar-refractivity contribution in [2.24, 2.45) is 0 Å². The second-order valence-corrected chi connectivity index (χ2v) is 5.63. The van der Waals surface area contributed by atoms with Gasteiger partial charge in [-0.25, -0.2) is 4.39 Å². The lowest BCUT2D eigenvalue weighted by Crippen LogP contribution is -2.32. The lowest BCUT2D eigenvalue weighted by atomic mass is 10.2. The van der Waals surface area contributed by atoms with Gasteiger partial charge in [0.25, 0.3) is 11.8 Å². The van der Waals surface area contributed by atoms with Crippen molar-refractivity contribution in [2.75, 3.05) is 25.6 Å². The number of anilines is 1. The summed E-state index contributed by atoms with van der Waals surface area (Å²) in [5.41, 5.74) is 0.519. The summed E-state index contributed by atoms with van der Waals surface area (Å²) < 4.78 is 22.9. The molecule has 2 rings (SSSR count). The maximum atomic E-state index is 13.1. The molecule has 0 saturated heterocycles. The van der Waals surface area contributed by atoms with E-state index in [2.05, 4.69) is 10.6 Å². The number of nitrogens with one attached hydrogen (secondary N) is 2. The molecule has 0 spiro atoms. The third-order valence-corrected chi connectivity index (χ3v) is 3.60. The first-order valence-electron chi connectivity index (χ1n) is 7.72. The molecule has 0 atom stereocenters. The van der Waals surface area contributed by atoms with Crippen LogP contribution in [-0.2, 0) is 14.3 Å². The third kappa shape index (κ3) is 5.96. The van der Waals surface area contributed by atoms with E-state index in [0.29, 0.717) is 5.75 Å². The van der Waals surface area contributed by atoms with E-state index in [4.69, 9.17) is 21.1 Å². The van der Waals surface area contributed by atoms with Crippen LogP contribution >= 0.6 is 11.6 Å². The number of carbonyl (C=O) groups is 3. The number of para-hydroxylation sites is 1. The molecule has 0 bridgehead atoms. The molecular formula is C18H16ClFN2O5. The van der Waals surface area contributed by atoms with Crippen molar-refractivity contribution < 1.29 is 28.2 Å². The van der Waals surface area contributed by atoms with Crippen molar-refractivity contribution in [3.05, 3.63) is 58.9 Å². The zero-order valence-corrected chi connectivity index (χ0v) is 15.0. The monoisotopic (exact) mass is 394 g/mol. The van der Waals surface area contributed by atoms with Crippen LogP contribution in [0.4, 0.5) is 10.1 Å². The zero-order chi connectivity index (χ0) is 19.8. The molecule has 2 aromatic carbocycles. The van der Waals surface area contributed by atoms with E-state index in [-0.39, 0.29) is 16.3 Å². The number of amides is 2. The van der Waals surface area contributed by atoms with Gasteiger partial charge in [-0.2, -0.15) is 0 Å². The van der Waals surface area contributed by atoms with Gasteiger partial charge in [0.1, 0.15) is 18.1 Å². The summed E-state index contributed by atoms with van der Waals surface area (Å²) in [5, 5.41) is 4.63. The minimum absolute atomic E-state index is 0.149. The maximum absolute atomic E-state index is 13.1. The quantitative estimate of drug-likeness (QED) is 0.703. The lowest BCUT2D eigenvalue weighted by molar-refractivity contribution is -0.146. The third-order valence-electron chi connectivity index (χ3n) is 3.31. The van der Waals surface area contributed by atoms with Crippen LogP contribution < -0.4 is 15.4 Å². The van der Waals surface area contributed by atoms with Gasteiger partial charge >= 0.3 is 5.97 Å². The summed E-state index contributed by atoms with van der Waals surface area (Å²) in [5.74, 6) is -2.21. The smallest absolute Gasteiger partial charge is 0.325 e. The van der Waals surface area contributed by atoms with Crippen molar-refractivity contribution in [3.63, 3.8) is 0 Å². The predicted molar refractivity (Wildman–Crippen MR) is 96.3 cm³/mol. The number of esters is 1. The Labute approximate surface area is 159 Å². The molecule has 9 heteroatoms. The predicted octanol–water partition coefficient (Wildman–Crippen LogP) is 2.40. The van der Waals surface area contributed by atoms with Gasteiger partial charge in [0.2, 0.25) is 0 Å². The van der Waals surface area contributed by atoms with Crippen molar-refractivity contribution >= 4 is 35.1 Å². The van der Waals surface area contributed by atoms with Crippen LogP contribution in [0.2, 0.25) is 5.02 Å². The first-order chi connectivity index (χ1) is 12.9. The Balaban J connectivity index is 1.77. The van der Waals surface area contributed by atoms with Crippen LogP contribution in [0.3, 0.4) is 0 Å². The van der Waals surface area contributed by atoms with Gasteiger partial charge < -0.3 is 20.1 Å². The molecule has 0 aliphatic rings. The fourth-order valence-corrected chi connectivity index (χ4v) is 2.23. The van der Waals surface area contributed by atoms with E-state index >= 15 is 0 Å². The molecule has 27 heavy (non-hydrogen) atoms. The SMILES string of the molecule is COc1ccccc1C(=O)NCC(=O)OCC(=O)Nc1ccc(F)c(Cl)c1. The molecule has 2 aromatic rings. The minimum atomic E-state index is -0.800. The normalized spacial score (nSPS) is 10.0. The Morgan fingerprint density at radius 3 is 2.59 bits per heavy atom. The fourth-order valence-electron chi connectivity index (χ4n) is 2.05. The summed E-state index contributed by atoms with van der Waals surface area (Å²) in [7, 11) is 1.42. The van der Waals surface area contributed by atoms with Crippen molar-refractivity contribution in [1.29, 1.82) is 0 Å². The Bertz CT molecular complexity index is 859. The van der Waals surface area contributed by atoms with Crippen molar-refractivity contribution in [3.8, 4) is 5.75 Å². The summed E-state index contributed by atoms with van der Waals surface area (Å²) >= 11 is 5.61. The highest BCUT2D eigenvalue weighted by Gasteiger charge is 2.14. The number of hydrogen-bond donors (Lipinski definition) is 2. The number of methoxy groups -OCH3 is 1. The van der Waals surface area contributed by atoms with Crippen LogP contribution in [0.15, 0.2) is 42.5 Å². The number of rotatable bonds is 7. The summed E-state index contributed by atoms with van der Waals surface area (Å²) in [6.45, 7) is -0.995. The molecule has 2 amide bonds. The molecule has 2 N–H and O–H groups in total. The van der Waals surface area contributed by atoms with E-state index in [1.165, 1.54) is 19.2 Å². The molecule has 142 valence electrons. The first-order valence-corrected chi connectivity index (χ1v) is 8.10. The Morgan fingerprint density at radius 2 is 1.89 bits per heavy atom. The van der Waals surface area contributed by atoms with Gasteiger partial charge in [-0.1, -0.05) is 23.7 Å². The van der Waals surface area contributed by atoms with Gasteiger partial charge in [0, 0.05) is 5.69 Å². The average Bonchev–Trinajstić information content (AvgIpc) is 2.67. The molecule has 0 unspecified atom stereocenters. The first kappa shape index (κ1) is 20.2. The molecule has 0 saturated carbocycles. The molecule has 0 fully saturated rings. The van der Waals surface area contributed by atoms with Crippen LogP contribution in [0.25, 0.3) is 0 Å². The molecular weight excluding hydrogens is 379 g/mol. The molecule has 0 aliphatic heterocycles. The minimum Gasteiger partial charge on any atom is -0.496 e. The number of benzene rings is 2. The summed E-state index contributed by atoms with van der Waals surface area (Å²) in [6.07, 6.45) is 0. The lowest BCUT2D eigenvalue weighted by Gasteiger charge is -2.09. The van der Waals surface area contributed by atoms with Gasteiger partial charge in [-0.15, -0.1) is 0 Å². The number of carbonyl (C=O) groups excluding carboxylic acids is 3. The van der Waals surface area contributed by atoms with Crippen LogP contribution in [0.1, 0.15) is 10.4 Å². The van der Waals surface area contributed by atoms with E-state index < -0.39 is 36.8 Å². The highest BCUT2D eigenvalue weighted by molar-refractivity contribution is 6.31. The molecule has 0 heterocycles. The second kappa shape index (κ2) is 9.54. The molecule has 0 aromatic heterocycles. The Hall–Kier alpha value is -3.13. The van der Waals surface area contributed by atoms with Gasteiger partial charge in [0.05, 0.1) is 17.7 Å². The number of halogens is 2.